The maximum Gasteiger partial charge on any atom is 0.261 e. The zero-order valence-electron chi connectivity index (χ0n) is 6.56. The van der Waals surface area contributed by atoms with Crippen LogP contribution in [0.1, 0.15) is 19.3 Å². The van der Waals surface area contributed by atoms with Gasteiger partial charge in [0.2, 0.25) is 0 Å². The molecule has 0 aliphatic heterocycles. The topological polar surface area (TPSA) is 35.2 Å². The largest absolute Gasteiger partial charge is 0.376 e. The molecule has 0 atom stereocenters. The van der Waals surface area contributed by atoms with E-state index in [-0.39, 0.29) is 0 Å². The van der Waals surface area contributed by atoms with Crippen LogP contribution in [0.15, 0.2) is 0 Å². The number of nitrogens with two attached hydrogens (primary N) is 1. The summed E-state index contributed by atoms with van der Waals surface area (Å²) in [5.41, 5.74) is 5.23. The van der Waals surface area contributed by atoms with E-state index in [4.69, 9.17) is 5.73 Å². The Bertz CT molecular complexity index is 80.8. The van der Waals surface area contributed by atoms with Gasteiger partial charge < -0.3 is 10.5 Å². The van der Waals surface area contributed by atoms with E-state index >= 15 is 0 Å². The number of unbranched alkanes of at least 4 members (excludes halogenated alkanes) is 2. The highest BCUT2D eigenvalue weighted by Gasteiger charge is 2.00. The highest BCUT2D eigenvalue weighted by molar-refractivity contribution is 4.42. The number of alkyl halides is 2. The zero-order valence-corrected chi connectivity index (χ0v) is 6.56. The Morgan fingerprint density at radius 3 is 2.45 bits per heavy atom. The van der Waals surface area contributed by atoms with Gasteiger partial charge in [0.05, 0.1) is 0 Å². The number of hydrogen-bond acceptors (Lipinski definition) is 2. The molecule has 0 unspecified atom stereocenters. The van der Waals surface area contributed by atoms with Gasteiger partial charge >= 0.3 is 0 Å². The van der Waals surface area contributed by atoms with Gasteiger partial charge in [0.25, 0.3) is 6.43 Å². The van der Waals surface area contributed by atoms with Gasteiger partial charge in [-0.25, -0.2) is 8.78 Å². The lowest BCUT2D eigenvalue weighted by Gasteiger charge is -2.01. The van der Waals surface area contributed by atoms with E-state index in [1.54, 1.807) is 0 Å². The van der Waals surface area contributed by atoms with E-state index in [0.717, 1.165) is 19.3 Å². The number of hydrogen-bond donors (Lipinski definition) is 1. The summed E-state index contributed by atoms with van der Waals surface area (Å²) in [5.74, 6) is 0. The van der Waals surface area contributed by atoms with E-state index in [2.05, 4.69) is 4.74 Å². The average molecular weight is 167 g/mol. The lowest BCUT2D eigenvalue weighted by Crippen LogP contribution is -2.06. The summed E-state index contributed by atoms with van der Waals surface area (Å²) in [6.07, 6.45) is 0.381. The monoisotopic (exact) mass is 167 g/mol. The Morgan fingerprint density at radius 2 is 1.91 bits per heavy atom. The molecule has 0 spiro atoms. The van der Waals surface area contributed by atoms with Crippen LogP contribution in [0.5, 0.6) is 0 Å². The van der Waals surface area contributed by atoms with Crippen LogP contribution in [0.4, 0.5) is 8.78 Å². The number of halogens is 2. The molecular weight excluding hydrogens is 152 g/mol. The molecule has 0 aromatic carbocycles. The van der Waals surface area contributed by atoms with Crippen LogP contribution in [0, 0.1) is 0 Å². The normalized spacial score (nSPS) is 10.9. The fourth-order valence-electron chi connectivity index (χ4n) is 0.698. The highest BCUT2D eigenvalue weighted by Crippen LogP contribution is 1.97. The first-order valence-electron chi connectivity index (χ1n) is 3.83. The van der Waals surface area contributed by atoms with Gasteiger partial charge in [-0.05, 0) is 25.8 Å². The van der Waals surface area contributed by atoms with Crippen LogP contribution >= 0.6 is 0 Å². The lowest BCUT2D eigenvalue weighted by atomic mass is 10.2. The van der Waals surface area contributed by atoms with Crippen LogP contribution in [0.25, 0.3) is 0 Å². The smallest absolute Gasteiger partial charge is 0.261 e. The minimum Gasteiger partial charge on any atom is -0.376 e. The second-order valence-corrected chi connectivity index (χ2v) is 2.32. The second-order valence-electron chi connectivity index (χ2n) is 2.32. The Kier molecular flexibility index (Phi) is 7.72. The van der Waals surface area contributed by atoms with E-state index in [0.29, 0.717) is 13.2 Å². The lowest BCUT2D eigenvalue weighted by molar-refractivity contribution is 0.0162. The standard InChI is InChI=1S/C7H15F2NO/c8-7(9)6-11-5-3-1-2-4-10/h7H,1-6,10H2. The van der Waals surface area contributed by atoms with Crippen molar-refractivity contribution in [3.05, 3.63) is 0 Å². The van der Waals surface area contributed by atoms with Gasteiger partial charge in [0.15, 0.2) is 0 Å². The van der Waals surface area contributed by atoms with E-state index < -0.39 is 13.0 Å². The van der Waals surface area contributed by atoms with Crippen molar-refractivity contribution in [2.45, 2.75) is 25.7 Å². The first kappa shape index (κ1) is 10.8. The summed E-state index contributed by atoms with van der Waals surface area (Å²) in [4.78, 5) is 0. The van der Waals surface area contributed by atoms with Gasteiger partial charge in [-0.2, -0.15) is 0 Å². The predicted molar refractivity (Wildman–Crippen MR) is 39.7 cm³/mol. The van der Waals surface area contributed by atoms with Crippen molar-refractivity contribution in [2.75, 3.05) is 19.8 Å². The van der Waals surface area contributed by atoms with Crippen LogP contribution in [0.3, 0.4) is 0 Å². The molecule has 0 heterocycles. The molecule has 0 amide bonds. The molecule has 0 saturated heterocycles. The SMILES string of the molecule is NCCCCCOCC(F)F. The van der Waals surface area contributed by atoms with Gasteiger partial charge in [-0.3, -0.25) is 0 Å². The first-order chi connectivity index (χ1) is 5.27. The average Bonchev–Trinajstić information content (AvgIpc) is 1.96. The summed E-state index contributed by atoms with van der Waals surface area (Å²) >= 11 is 0. The Hall–Kier alpha value is -0.220. The number of ether oxygens (including phenoxy) is 1. The summed E-state index contributed by atoms with van der Waals surface area (Å²) in [7, 11) is 0. The molecule has 0 aromatic rings. The van der Waals surface area contributed by atoms with Crippen molar-refractivity contribution in [1.29, 1.82) is 0 Å². The summed E-state index contributed by atoms with van der Waals surface area (Å²) in [5, 5.41) is 0. The third-order valence-corrected chi connectivity index (χ3v) is 1.24. The fourth-order valence-corrected chi connectivity index (χ4v) is 0.698. The van der Waals surface area contributed by atoms with Gasteiger partial charge in [0.1, 0.15) is 6.61 Å². The maximum atomic E-state index is 11.5. The molecule has 2 nitrogen and oxygen atoms in total. The molecule has 0 radical (unpaired) electrons. The van der Waals surface area contributed by atoms with Gasteiger partial charge in [-0.15, -0.1) is 0 Å². The van der Waals surface area contributed by atoms with Crippen molar-refractivity contribution in [2.24, 2.45) is 5.73 Å². The Morgan fingerprint density at radius 1 is 1.18 bits per heavy atom. The molecule has 4 heteroatoms. The molecule has 0 aromatic heterocycles. The van der Waals surface area contributed by atoms with Crippen molar-refractivity contribution in [3.8, 4) is 0 Å². The van der Waals surface area contributed by atoms with Crippen LogP contribution in [0.2, 0.25) is 0 Å². The van der Waals surface area contributed by atoms with Crippen molar-refractivity contribution in [3.63, 3.8) is 0 Å². The van der Waals surface area contributed by atoms with E-state index in [1.165, 1.54) is 0 Å². The molecule has 0 aliphatic rings. The van der Waals surface area contributed by atoms with Crippen LogP contribution < -0.4 is 5.73 Å². The summed E-state index contributed by atoms with van der Waals surface area (Å²) in [6.45, 7) is 0.641. The zero-order chi connectivity index (χ0) is 8.53. The minimum absolute atomic E-state index is 0.421. The molecule has 0 aliphatic carbocycles. The van der Waals surface area contributed by atoms with E-state index in [1.807, 2.05) is 0 Å². The quantitative estimate of drug-likeness (QED) is 0.582. The fraction of sp³-hybridized carbons (Fsp3) is 1.00. The van der Waals surface area contributed by atoms with Gasteiger partial charge in [-0.1, -0.05) is 0 Å². The van der Waals surface area contributed by atoms with Crippen molar-refractivity contribution in [1.82, 2.24) is 0 Å². The van der Waals surface area contributed by atoms with E-state index in [9.17, 15) is 8.78 Å². The molecule has 68 valence electrons. The third-order valence-electron chi connectivity index (χ3n) is 1.24. The Labute approximate surface area is 65.7 Å². The first-order valence-corrected chi connectivity index (χ1v) is 3.83. The van der Waals surface area contributed by atoms with Crippen LogP contribution in [-0.4, -0.2) is 26.2 Å². The molecule has 2 N–H and O–H groups in total. The predicted octanol–water partition coefficient (Wildman–Crippen LogP) is 1.40. The highest BCUT2D eigenvalue weighted by atomic mass is 19.3. The Balaban J connectivity index is 2.80. The second kappa shape index (κ2) is 7.88. The summed E-state index contributed by atoms with van der Waals surface area (Å²) < 4.78 is 27.6. The molecule has 11 heavy (non-hydrogen) atoms. The molecule has 0 rings (SSSR count). The van der Waals surface area contributed by atoms with Crippen molar-refractivity contribution >= 4 is 0 Å². The van der Waals surface area contributed by atoms with Crippen molar-refractivity contribution < 1.29 is 13.5 Å². The molecule has 0 saturated carbocycles. The molecular formula is C7H15F2NO. The maximum absolute atomic E-state index is 11.5. The van der Waals surface area contributed by atoms with Gasteiger partial charge in [0, 0.05) is 6.61 Å². The van der Waals surface area contributed by atoms with Crippen LogP contribution in [-0.2, 0) is 4.74 Å². The summed E-state index contributed by atoms with van der Waals surface area (Å²) in [6, 6.07) is 0. The minimum atomic E-state index is -2.34. The third kappa shape index (κ3) is 9.78. The molecule has 0 fully saturated rings. The molecule has 0 bridgehead atoms. The number of rotatable bonds is 7.